The van der Waals surface area contributed by atoms with Crippen LogP contribution in [0.3, 0.4) is 0 Å². The van der Waals surface area contributed by atoms with Crippen molar-refractivity contribution in [2.24, 2.45) is 5.73 Å². The van der Waals surface area contributed by atoms with Gasteiger partial charge in [0.05, 0.1) is 5.56 Å². The molecule has 1 aliphatic carbocycles. The van der Waals surface area contributed by atoms with Crippen LogP contribution in [0.25, 0.3) is 0 Å². The molecule has 1 amide bonds. The lowest BCUT2D eigenvalue weighted by atomic mass is 9.94. The standard InChI is InChI=1S/C15H20N2O3/c1-9-13-11(18)5-2-6-12(13)20-14(9)15(19)17-7-3-4-10(16)8-17/h10H,2-8,16H2,1H3. The number of hydrogen-bond acceptors (Lipinski definition) is 4. The van der Waals surface area contributed by atoms with Gasteiger partial charge in [0.15, 0.2) is 11.5 Å². The van der Waals surface area contributed by atoms with Crippen LogP contribution in [0, 0.1) is 6.92 Å². The number of carbonyl (C=O) groups is 2. The van der Waals surface area contributed by atoms with Gasteiger partial charge in [-0.05, 0) is 26.2 Å². The minimum absolute atomic E-state index is 0.0409. The first-order chi connectivity index (χ1) is 9.58. The first kappa shape index (κ1) is 13.4. The Morgan fingerprint density at radius 2 is 2.15 bits per heavy atom. The summed E-state index contributed by atoms with van der Waals surface area (Å²) in [4.78, 5) is 26.3. The fourth-order valence-corrected chi connectivity index (χ4v) is 3.19. The van der Waals surface area contributed by atoms with Gasteiger partial charge in [0.2, 0.25) is 0 Å². The molecule has 2 N–H and O–H groups in total. The Balaban J connectivity index is 1.90. The largest absolute Gasteiger partial charge is 0.455 e. The molecular formula is C15H20N2O3. The van der Waals surface area contributed by atoms with Gasteiger partial charge in [-0.3, -0.25) is 9.59 Å². The number of nitrogens with two attached hydrogens (primary N) is 1. The number of carbonyl (C=O) groups excluding carboxylic acids is 2. The van der Waals surface area contributed by atoms with Crippen molar-refractivity contribution in [3.63, 3.8) is 0 Å². The molecule has 1 aromatic rings. The fourth-order valence-electron chi connectivity index (χ4n) is 3.19. The molecule has 2 heterocycles. The molecule has 0 bridgehead atoms. The maximum Gasteiger partial charge on any atom is 0.289 e. The number of rotatable bonds is 1. The molecule has 0 spiro atoms. The number of hydrogen-bond donors (Lipinski definition) is 1. The van der Waals surface area contributed by atoms with Gasteiger partial charge < -0.3 is 15.1 Å². The van der Waals surface area contributed by atoms with E-state index in [1.807, 2.05) is 6.92 Å². The number of piperidine rings is 1. The zero-order valence-corrected chi connectivity index (χ0v) is 11.8. The van der Waals surface area contributed by atoms with E-state index in [-0.39, 0.29) is 17.7 Å². The summed E-state index contributed by atoms with van der Waals surface area (Å²) in [7, 11) is 0. The van der Waals surface area contributed by atoms with Gasteiger partial charge in [-0.15, -0.1) is 0 Å². The van der Waals surface area contributed by atoms with E-state index >= 15 is 0 Å². The molecule has 5 nitrogen and oxygen atoms in total. The van der Waals surface area contributed by atoms with E-state index in [1.54, 1.807) is 4.90 Å². The average Bonchev–Trinajstić information content (AvgIpc) is 2.76. The van der Waals surface area contributed by atoms with Crippen LogP contribution in [0.5, 0.6) is 0 Å². The number of fused-ring (bicyclic) bond motifs is 1. The van der Waals surface area contributed by atoms with Crippen LogP contribution in [0.1, 0.15) is 57.9 Å². The van der Waals surface area contributed by atoms with Crippen LogP contribution in [0.15, 0.2) is 4.42 Å². The number of nitrogens with zero attached hydrogens (tertiary/aromatic N) is 1. The number of amides is 1. The summed E-state index contributed by atoms with van der Waals surface area (Å²) in [5.74, 6) is 0.990. The van der Waals surface area contributed by atoms with Gasteiger partial charge in [-0.2, -0.15) is 0 Å². The number of ketones is 1. The summed E-state index contributed by atoms with van der Waals surface area (Å²) in [6, 6.07) is 0.0409. The van der Waals surface area contributed by atoms with E-state index in [2.05, 4.69) is 0 Å². The van der Waals surface area contributed by atoms with Crippen molar-refractivity contribution in [2.45, 2.75) is 45.1 Å². The van der Waals surface area contributed by atoms with E-state index in [0.717, 1.165) is 25.7 Å². The Morgan fingerprint density at radius 1 is 1.35 bits per heavy atom. The third-order valence-electron chi connectivity index (χ3n) is 4.25. The fraction of sp³-hybridized carbons (Fsp3) is 0.600. The topological polar surface area (TPSA) is 76.5 Å². The van der Waals surface area contributed by atoms with E-state index in [0.29, 0.717) is 42.2 Å². The third kappa shape index (κ3) is 2.16. The molecule has 1 atom stereocenters. The highest BCUT2D eigenvalue weighted by Gasteiger charge is 2.32. The van der Waals surface area contributed by atoms with Crippen molar-refractivity contribution < 1.29 is 14.0 Å². The summed E-state index contributed by atoms with van der Waals surface area (Å²) in [5, 5.41) is 0. The Kier molecular flexibility index (Phi) is 3.38. The Hall–Kier alpha value is -1.62. The summed E-state index contributed by atoms with van der Waals surface area (Å²) in [6.07, 6.45) is 3.98. The molecule has 1 saturated heterocycles. The van der Waals surface area contributed by atoms with Crippen molar-refractivity contribution >= 4 is 11.7 Å². The maximum absolute atomic E-state index is 12.6. The van der Waals surface area contributed by atoms with Crippen LogP contribution in [-0.4, -0.2) is 35.7 Å². The summed E-state index contributed by atoms with van der Waals surface area (Å²) < 4.78 is 5.70. The zero-order chi connectivity index (χ0) is 14.3. The second-order valence-corrected chi connectivity index (χ2v) is 5.78. The minimum Gasteiger partial charge on any atom is -0.455 e. The molecule has 1 unspecified atom stereocenters. The second-order valence-electron chi connectivity index (χ2n) is 5.78. The van der Waals surface area contributed by atoms with E-state index in [4.69, 9.17) is 10.2 Å². The molecule has 1 fully saturated rings. The highest BCUT2D eigenvalue weighted by Crippen LogP contribution is 2.30. The third-order valence-corrected chi connectivity index (χ3v) is 4.25. The van der Waals surface area contributed by atoms with Crippen LogP contribution in [0.2, 0.25) is 0 Å². The molecular weight excluding hydrogens is 256 g/mol. The monoisotopic (exact) mass is 276 g/mol. The lowest BCUT2D eigenvalue weighted by Gasteiger charge is -2.30. The maximum atomic E-state index is 12.6. The van der Waals surface area contributed by atoms with Crippen LogP contribution in [-0.2, 0) is 6.42 Å². The molecule has 3 rings (SSSR count). The van der Waals surface area contributed by atoms with Crippen molar-refractivity contribution in [1.82, 2.24) is 4.90 Å². The van der Waals surface area contributed by atoms with Crippen molar-refractivity contribution in [3.05, 3.63) is 22.6 Å². The quantitative estimate of drug-likeness (QED) is 0.846. The minimum atomic E-state index is -0.125. The molecule has 0 radical (unpaired) electrons. The van der Waals surface area contributed by atoms with E-state index < -0.39 is 0 Å². The highest BCUT2D eigenvalue weighted by molar-refractivity contribution is 6.03. The van der Waals surface area contributed by atoms with Crippen molar-refractivity contribution in [1.29, 1.82) is 0 Å². The Bertz CT molecular complexity index is 562. The van der Waals surface area contributed by atoms with Crippen LogP contribution < -0.4 is 5.73 Å². The van der Waals surface area contributed by atoms with Gasteiger partial charge in [0, 0.05) is 37.5 Å². The van der Waals surface area contributed by atoms with Gasteiger partial charge in [0.25, 0.3) is 5.91 Å². The van der Waals surface area contributed by atoms with E-state index in [9.17, 15) is 9.59 Å². The molecule has 1 aromatic heterocycles. The molecule has 0 aromatic carbocycles. The first-order valence-electron chi connectivity index (χ1n) is 7.28. The number of Topliss-reactive ketones (excluding diaryl/α,β-unsaturated/α-hetero) is 1. The van der Waals surface area contributed by atoms with Crippen molar-refractivity contribution in [2.75, 3.05) is 13.1 Å². The Labute approximate surface area is 118 Å². The molecule has 2 aliphatic rings. The predicted octanol–water partition coefficient (Wildman–Crippen LogP) is 1.67. The zero-order valence-electron chi connectivity index (χ0n) is 11.8. The predicted molar refractivity (Wildman–Crippen MR) is 73.8 cm³/mol. The van der Waals surface area contributed by atoms with Gasteiger partial charge >= 0.3 is 0 Å². The summed E-state index contributed by atoms with van der Waals surface area (Å²) in [6.45, 7) is 3.09. The lowest BCUT2D eigenvalue weighted by molar-refractivity contribution is 0.0673. The highest BCUT2D eigenvalue weighted by atomic mass is 16.4. The second kappa shape index (κ2) is 5.05. The number of aryl methyl sites for hydroxylation is 1. The van der Waals surface area contributed by atoms with Crippen molar-refractivity contribution in [3.8, 4) is 0 Å². The molecule has 0 saturated carbocycles. The lowest BCUT2D eigenvalue weighted by Crippen LogP contribution is -2.45. The first-order valence-corrected chi connectivity index (χ1v) is 7.28. The summed E-state index contributed by atoms with van der Waals surface area (Å²) in [5.41, 5.74) is 7.26. The molecule has 1 aliphatic heterocycles. The normalized spacial score (nSPS) is 22.8. The van der Waals surface area contributed by atoms with Gasteiger partial charge in [-0.1, -0.05) is 0 Å². The molecule has 20 heavy (non-hydrogen) atoms. The van der Waals surface area contributed by atoms with Gasteiger partial charge in [0.1, 0.15) is 5.76 Å². The molecule has 108 valence electrons. The van der Waals surface area contributed by atoms with E-state index in [1.165, 1.54) is 0 Å². The summed E-state index contributed by atoms with van der Waals surface area (Å²) >= 11 is 0. The Morgan fingerprint density at radius 3 is 2.85 bits per heavy atom. The average molecular weight is 276 g/mol. The number of likely N-dealkylation sites (tertiary alicyclic amines) is 1. The van der Waals surface area contributed by atoms with Crippen LogP contribution >= 0.6 is 0 Å². The number of furan rings is 1. The smallest absolute Gasteiger partial charge is 0.289 e. The SMILES string of the molecule is Cc1c(C(=O)N2CCCC(N)C2)oc2c1C(=O)CCC2. The molecule has 5 heteroatoms. The van der Waals surface area contributed by atoms with Gasteiger partial charge in [-0.25, -0.2) is 0 Å². The van der Waals surface area contributed by atoms with Crippen LogP contribution in [0.4, 0.5) is 0 Å².